The van der Waals surface area contributed by atoms with E-state index >= 15 is 0 Å². The molecule has 0 unspecified atom stereocenters. The Kier molecular flexibility index (Phi) is 6.62. The normalized spacial score (nSPS) is 14.5. The lowest BCUT2D eigenvalue weighted by molar-refractivity contribution is -0.114. The molecule has 0 radical (unpaired) electrons. The van der Waals surface area contributed by atoms with Crippen LogP contribution in [0.3, 0.4) is 0 Å². The SMILES string of the molecule is C=Nc1nc(C2CCCC2)[nH]c1C(=NC)C(=O)NCc1cc(F)cc(Nc2ccn(C)n2)c1. The average Bonchev–Trinajstić information content (AvgIpc) is 3.53. The number of carbonyl (C=O) groups excluding carboxylic acids is 1. The maximum absolute atomic E-state index is 14.2. The summed E-state index contributed by atoms with van der Waals surface area (Å²) in [6, 6.07) is 6.28. The Balaban J connectivity index is 1.47. The van der Waals surface area contributed by atoms with Gasteiger partial charge in [0.15, 0.2) is 11.6 Å². The van der Waals surface area contributed by atoms with Gasteiger partial charge in [-0.15, -0.1) is 0 Å². The van der Waals surface area contributed by atoms with Crippen molar-refractivity contribution in [1.82, 2.24) is 25.1 Å². The molecule has 1 aliphatic rings. The lowest BCUT2D eigenvalue weighted by Gasteiger charge is -2.10. The standard InChI is InChI=1S/C23H27FN8O/c1-25-20(19-22(26-2)30-21(29-19)15-6-4-5-7-15)23(33)27-13-14-10-16(24)12-17(11-14)28-18-8-9-32(3)31-18/h8-12,15H,2,4-7,13H2,1,3H3,(H,27,33)(H,28,31)(H,29,30). The second kappa shape index (κ2) is 9.76. The minimum absolute atomic E-state index is 0.118. The predicted octanol–water partition coefficient (Wildman–Crippen LogP) is 3.75. The highest BCUT2D eigenvalue weighted by molar-refractivity contribution is 6.45. The van der Waals surface area contributed by atoms with Crippen LogP contribution in [-0.4, -0.2) is 45.1 Å². The third-order valence-corrected chi connectivity index (χ3v) is 5.67. The van der Waals surface area contributed by atoms with Crippen molar-refractivity contribution in [2.24, 2.45) is 17.0 Å². The number of anilines is 2. The van der Waals surface area contributed by atoms with Gasteiger partial charge in [0, 0.05) is 44.5 Å². The third kappa shape index (κ3) is 5.16. The number of nitrogens with one attached hydrogen (secondary N) is 3. The van der Waals surface area contributed by atoms with E-state index in [0.717, 1.165) is 31.5 Å². The Hall–Kier alpha value is -3.82. The molecule has 4 rings (SSSR count). The van der Waals surface area contributed by atoms with Gasteiger partial charge >= 0.3 is 0 Å². The molecule has 9 nitrogen and oxygen atoms in total. The van der Waals surface area contributed by atoms with Crippen LogP contribution in [0.15, 0.2) is 40.4 Å². The molecule has 0 aliphatic heterocycles. The van der Waals surface area contributed by atoms with Gasteiger partial charge in [-0.3, -0.25) is 14.5 Å². The molecular formula is C23H27FN8O. The summed E-state index contributed by atoms with van der Waals surface area (Å²) in [4.78, 5) is 28.8. The molecule has 1 aromatic carbocycles. The Morgan fingerprint density at radius 2 is 2.12 bits per heavy atom. The highest BCUT2D eigenvalue weighted by Gasteiger charge is 2.25. The topological polar surface area (TPSA) is 112 Å². The van der Waals surface area contributed by atoms with Crippen LogP contribution in [0.1, 0.15) is 48.7 Å². The first-order valence-electron chi connectivity index (χ1n) is 10.8. The molecule has 0 bridgehead atoms. The number of H-pyrrole nitrogens is 1. The van der Waals surface area contributed by atoms with Crippen molar-refractivity contribution < 1.29 is 9.18 Å². The highest BCUT2D eigenvalue weighted by Crippen LogP contribution is 2.34. The summed E-state index contributed by atoms with van der Waals surface area (Å²) in [5, 5.41) is 10.1. The van der Waals surface area contributed by atoms with E-state index < -0.39 is 11.7 Å². The zero-order valence-electron chi connectivity index (χ0n) is 18.7. The van der Waals surface area contributed by atoms with Crippen LogP contribution in [0, 0.1) is 5.82 Å². The zero-order valence-corrected chi connectivity index (χ0v) is 18.7. The second-order valence-electron chi connectivity index (χ2n) is 8.06. The number of hydrogen-bond donors (Lipinski definition) is 3. The van der Waals surface area contributed by atoms with Gasteiger partial charge in [0.2, 0.25) is 0 Å². The lowest BCUT2D eigenvalue weighted by atomic mass is 10.1. The highest BCUT2D eigenvalue weighted by atomic mass is 19.1. The first-order chi connectivity index (χ1) is 16.0. The van der Waals surface area contributed by atoms with Crippen LogP contribution >= 0.6 is 0 Å². The fourth-order valence-corrected chi connectivity index (χ4v) is 4.10. The second-order valence-corrected chi connectivity index (χ2v) is 8.06. The first kappa shape index (κ1) is 22.4. The van der Waals surface area contributed by atoms with E-state index in [1.807, 2.05) is 0 Å². The number of nitrogens with zero attached hydrogens (tertiary/aromatic N) is 5. The van der Waals surface area contributed by atoms with E-state index in [4.69, 9.17) is 0 Å². The van der Waals surface area contributed by atoms with Gasteiger partial charge in [0.25, 0.3) is 5.91 Å². The number of benzene rings is 1. The number of halogens is 1. The molecule has 1 aliphatic carbocycles. The first-order valence-corrected chi connectivity index (χ1v) is 10.8. The third-order valence-electron chi connectivity index (χ3n) is 5.67. The predicted molar refractivity (Wildman–Crippen MR) is 126 cm³/mol. The van der Waals surface area contributed by atoms with Crippen molar-refractivity contribution in [3.8, 4) is 0 Å². The van der Waals surface area contributed by atoms with Crippen molar-refractivity contribution in [1.29, 1.82) is 0 Å². The Labute approximate surface area is 191 Å². The van der Waals surface area contributed by atoms with E-state index in [1.54, 1.807) is 30.1 Å². The van der Waals surface area contributed by atoms with Crippen LogP contribution < -0.4 is 10.6 Å². The number of aliphatic imine (C=N–C) groups is 2. The molecule has 0 saturated heterocycles. The van der Waals surface area contributed by atoms with Gasteiger partial charge in [-0.05, 0) is 43.3 Å². The van der Waals surface area contributed by atoms with Gasteiger partial charge in [-0.1, -0.05) is 12.8 Å². The fourth-order valence-electron chi connectivity index (χ4n) is 4.10. The molecule has 1 saturated carbocycles. The Morgan fingerprint density at radius 3 is 2.79 bits per heavy atom. The number of imidazole rings is 1. The summed E-state index contributed by atoms with van der Waals surface area (Å²) in [5.41, 5.74) is 1.76. The molecule has 0 spiro atoms. The van der Waals surface area contributed by atoms with Gasteiger partial charge in [-0.25, -0.2) is 14.4 Å². The minimum atomic E-state index is -0.419. The number of hydrogen-bond acceptors (Lipinski definition) is 6. The smallest absolute Gasteiger partial charge is 0.272 e. The van der Waals surface area contributed by atoms with Crippen molar-refractivity contribution in [3.63, 3.8) is 0 Å². The Bertz CT molecular complexity index is 1190. The van der Waals surface area contributed by atoms with Crippen molar-refractivity contribution in [2.75, 3.05) is 12.4 Å². The molecule has 3 N–H and O–H groups in total. The number of aryl methyl sites for hydroxylation is 1. The van der Waals surface area contributed by atoms with E-state index in [-0.39, 0.29) is 12.3 Å². The van der Waals surface area contributed by atoms with Gasteiger partial charge in [0.1, 0.15) is 23.0 Å². The largest absolute Gasteiger partial charge is 0.347 e. The minimum Gasteiger partial charge on any atom is -0.347 e. The number of amides is 1. The number of aromatic nitrogens is 4. The van der Waals surface area contributed by atoms with Crippen LogP contribution in [-0.2, 0) is 18.4 Å². The summed E-state index contributed by atoms with van der Waals surface area (Å²) in [7, 11) is 3.34. The molecule has 3 aromatic rings. The summed E-state index contributed by atoms with van der Waals surface area (Å²) in [6.45, 7) is 3.70. The number of aromatic amines is 1. The van der Waals surface area contributed by atoms with Crippen molar-refractivity contribution >= 4 is 35.7 Å². The van der Waals surface area contributed by atoms with E-state index in [1.165, 1.54) is 19.2 Å². The van der Waals surface area contributed by atoms with Crippen LogP contribution in [0.4, 0.5) is 21.7 Å². The molecule has 2 heterocycles. The zero-order chi connectivity index (χ0) is 23.4. The molecule has 10 heteroatoms. The molecule has 1 fully saturated rings. The molecule has 2 aromatic heterocycles. The number of rotatable bonds is 8. The quantitative estimate of drug-likeness (QED) is 0.454. The molecule has 172 valence electrons. The van der Waals surface area contributed by atoms with Crippen LogP contribution in [0.5, 0.6) is 0 Å². The summed E-state index contributed by atoms with van der Waals surface area (Å²) >= 11 is 0. The maximum atomic E-state index is 14.2. The van der Waals surface area contributed by atoms with E-state index in [2.05, 4.69) is 42.4 Å². The summed E-state index contributed by atoms with van der Waals surface area (Å²) in [5.74, 6) is 1.28. The average molecular weight is 451 g/mol. The Morgan fingerprint density at radius 1 is 1.33 bits per heavy atom. The maximum Gasteiger partial charge on any atom is 0.272 e. The molecule has 33 heavy (non-hydrogen) atoms. The fraction of sp³-hybridized carbons (Fsp3) is 0.348. The molecule has 0 atom stereocenters. The van der Waals surface area contributed by atoms with Crippen LogP contribution in [0.25, 0.3) is 0 Å². The van der Waals surface area contributed by atoms with Gasteiger partial charge in [0.05, 0.1) is 0 Å². The monoisotopic (exact) mass is 450 g/mol. The molecule has 1 amide bonds. The van der Waals surface area contributed by atoms with E-state index in [9.17, 15) is 9.18 Å². The number of carbonyl (C=O) groups is 1. The van der Waals surface area contributed by atoms with Gasteiger partial charge in [-0.2, -0.15) is 5.10 Å². The summed E-state index contributed by atoms with van der Waals surface area (Å²) in [6.07, 6.45) is 6.23. The lowest BCUT2D eigenvalue weighted by Crippen LogP contribution is -2.31. The van der Waals surface area contributed by atoms with Gasteiger partial charge < -0.3 is 15.6 Å². The summed E-state index contributed by atoms with van der Waals surface area (Å²) < 4.78 is 15.8. The van der Waals surface area contributed by atoms with Crippen molar-refractivity contribution in [2.45, 2.75) is 38.1 Å². The molecular weight excluding hydrogens is 423 g/mol. The van der Waals surface area contributed by atoms with Crippen molar-refractivity contribution in [3.05, 3.63) is 53.4 Å². The van der Waals surface area contributed by atoms with Crippen LogP contribution in [0.2, 0.25) is 0 Å². The van der Waals surface area contributed by atoms with E-state index in [0.29, 0.717) is 34.5 Å².